The molecule has 4 N–H and O–H groups in total. The molecule has 12 heavy (non-hydrogen) atoms. The van der Waals surface area contributed by atoms with Crippen LogP contribution in [0.1, 0.15) is 19.8 Å². The van der Waals surface area contributed by atoms with Crippen molar-refractivity contribution in [2.45, 2.75) is 25.9 Å². The second kappa shape index (κ2) is 4.30. The summed E-state index contributed by atoms with van der Waals surface area (Å²) in [5, 5.41) is 0. The van der Waals surface area contributed by atoms with Crippen LogP contribution in [0.3, 0.4) is 0 Å². The number of nitrogens with two attached hydrogens (primary N) is 2. The maximum absolute atomic E-state index is 5.50. The van der Waals surface area contributed by atoms with E-state index in [-0.39, 0.29) is 5.96 Å². The van der Waals surface area contributed by atoms with E-state index in [1.54, 1.807) is 0 Å². The lowest BCUT2D eigenvalue weighted by molar-refractivity contribution is 0.0893. The van der Waals surface area contributed by atoms with E-state index < -0.39 is 0 Å². The predicted molar refractivity (Wildman–Crippen MR) is 48.8 cm³/mol. The van der Waals surface area contributed by atoms with Gasteiger partial charge < -0.3 is 16.2 Å². The second-order valence-corrected chi connectivity index (χ2v) is 3.13. The Hall–Kier alpha value is -0.770. The zero-order valence-electron chi connectivity index (χ0n) is 7.49. The molecule has 2 atom stereocenters. The van der Waals surface area contributed by atoms with Gasteiger partial charge in [-0.05, 0) is 12.8 Å². The van der Waals surface area contributed by atoms with Gasteiger partial charge in [-0.3, -0.25) is 4.99 Å². The third kappa shape index (κ3) is 2.37. The molecule has 1 aliphatic heterocycles. The lowest BCUT2D eigenvalue weighted by Gasteiger charge is -2.13. The van der Waals surface area contributed by atoms with E-state index >= 15 is 0 Å². The van der Waals surface area contributed by atoms with Crippen LogP contribution in [-0.4, -0.2) is 25.2 Å². The highest BCUT2D eigenvalue weighted by molar-refractivity contribution is 5.75. The van der Waals surface area contributed by atoms with Crippen molar-refractivity contribution in [1.29, 1.82) is 0 Å². The molecule has 2 unspecified atom stereocenters. The summed E-state index contributed by atoms with van der Waals surface area (Å²) < 4.78 is 5.50. The molecule has 1 fully saturated rings. The number of nitrogens with zero attached hydrogens (tertiary/aromatic N) is 1. The maximum Gasteiger partial charge on any atom is 0.185 e. The number of aliphatic imine (C=N–C) groups is 1. The van der Waals surface area contributed by atoms with E-state index in [4.69, 9.17) is 16.2 Å². The maximum atomic E-state index is 5.50. The first-order valence-corrected chi connectivity index (χ1v) is 4.41. The first-order chi connectivity index (χ1) is 5.74. The van der Waals surface area contributed by atoms with E-state index in [2.05, 4.69) is 11.9 Å². The van der Waals surface area contributed by atoms with Crippen LogP contribution in [0, 0.1) is 5.92 Å². The molecule has 4 heteroatoms. The molecule has 0 bridgehead atoms. The molecule has 1 saturated heterocycles. The SMILES string of the molecule is CCC1OCCC1CN=C(N)N. The summed E-state index contributed by atoms with van der Waals surface area (Å²) in [6.07, 6.45) is 2.48. The van der Waals surface area contributed by atoms with Crippen LogP contribution < -0.4 is 11.5 Å². The third-order valence-electron chi connectivity index (χ3n) is 2.26. The van der Waals surface area contributed by atoms with E-state index in [1.807, 2.05) is 0 Å². The summed E-state index contributed by atoms with van der Waals surface area (Å²) in [7, 11) is 0. The Morgan fingerprint density at radius 1 is 1.58 bits per heavy atom. The molecule has 0 aromatic heterocycles. The Morgan fingerprint density at radius 2 is 2.33 bits per heavy atom. The first-order valence-electron chi connectivity index (χ1n) is 4.41. The lowest BCUT2D eigenvalue weighted by Crippen LogP contribution is -2.25. The van der Waals surface area contributed by atoms with Gasteiger partial charge in [0.1, 0.15) is 0 Å². The highest BCUT2D eigenvalue weighted by atomic mass is 16.5. The normalized spacial score (nSPS) is 28.8. The lowest BCUT2D eigenvalue weighted by atomic mass is 10.0. The van der Waals surface area contributed by atoms with Gasteiger partial charge in [0.15, 0.2) is 5.96 Å². The van der Waals surface area contributed by atoms with Crippen molar-refractivity contribution in [3.8, 4) is 0 Å². The predicted octanol–water partition coefficient (Wildman–Crippen LogP) is 0.0749. The molecule has 70 valence electrons. The van der Waals surface area contributed by atoms with Crippen molar-refractivity contribution in [2.75, 3.05) is 13.2 Å². The van der Waals surface area contributed by atoms with Crippen LogP contribution in [0.5, 0.6) is 0 Å². The van der Waals surface area contributed by atoms with Crippen LogP contribution in [-0.2, 0) is 4.74 Å². The molecule has 1 rings (SSSR count). The van der Waals surface area contributed by atoms with Gasteiger partial charge in [0.2, 0.25) is 0 Å². The fourth-order valence-electron chi connectivity index (χ4n) is 1.58. The van der Waals surface area contributed by atoms with Crippen LogP contribution >= 0.6 is 0 Å². The fraction of sp³-hybridized carbons (Fsp3) is 0.875. The van der Waals surface area contributed by atoms with Crippen molar-refractivity contribution < 1.29 is 4.74 Å². The molecule has 0 radical (unpaired) electrons. The molecule has 1 aliphatic rings. The number of hydrogen-bond acceptors (Lipinski definition) is 2. The molecule has 4 nitrogen and oxygen atoms in total. The minimum absolute atomic E-state index is 0.178. The van der Waals surface area contributed by atoms with Crippen molar-refractivity contribution in [3.63, 3.8) is 0 Å². The quantitative estimate of drug-likeness (QED) is 0.466. The van der Waals surface area contributed by atoms with Crippen molar-refractivity contribution in [1.82, 2.24) is 0 Å². The average molecular weight is 171 g/mol. The van der Waals surface area contributed by atoms with E-state index in [1.165, 1.54) is 0 Å². The van der Waals surface area contributed by atoms with Gasteiger partial charge in [-0.2, -0.15) is 0 Å². The summed E-state index contributed by atoms with van der Waals surface area (Å²) in [4.78, 5) is 4.00. The zero-order chi connectivity index (χ0) is 8.97. The molecule has 1 heterocycles. The molecule has 0 saturated carbocycles. The zero-order valence-corrected chi connectivity index (χ0v) is 7.49. The third-order valence-corrected chi connectivity index (χ3v) is 2.26. The van der Waals surface area contributed by atoms with Gasteiger partial charge in [0, 0.05) is 19.1 Å². The minimum Gasteiger partial charge on any atom is -0.378 e. The number of guanidine groups is 1. The molecule has 0 amide bonds. The summed E-state index contributed by atoms with van der Waals surface area (Å²) in [6.45, 7) is 3.68. The van der Waals surface area contributed by atoms with Crippen LogP contribution in [0.4, 0.5) is 0 Å². The van der Waals surface area contributed by atoms with Crippen molar-refractivity contribution in [3.05, 3.63) is 0 Å². The Morgan fingerprint density at radius 3 is 2.92 bits per heavy atom. The van der Waals surface area contributed by atoms with E-state index in [0.717, 1.165) is 19.4 Å². The fourth-order valence-corrected chi connectivity index (χ4v) is 1.58. The number of rotatable bonds is 3. The summed E-state index contributed by atoms with van der Waals surface area (Å²) in [5.41, 5.74) is 10.5. The highest BCUT2D eigenvalue weighted by Crippen LogP contribution is 2.23. The molecular weight excluding hydrogens is 154 g/mol. The second-order valence-electron chi connectivity index (χ2n) is 3.13. The first kappa shape index (κ1) is 9.32. The number of hydrogen-bond donors (Lipinski definition) is 2. The van der Waals surface area contributed by atoms with Gasteiger partial charge in [0.05, 0.1) is 6.10 Å². The van der Waals surface area contributed by atoms with Gasteiger partial charge in [-0.25, -0.2) is 0 Å². The van der Waals surface area contributed by atoms with Gasteiger partial charge in [-0.15, -0.1) is 0 Å². The van der Waals surface area contributed by atoms with E-state index in [0.29, 0.717) is 18.6 Å². The van der Waals surface area contributed by atoms with Gasteiger partial charge in [0.25, 0.3) is 0 Å². The largest absolute Gasteiger partial charge is 0.378 e. The summed E-state index contributed by atoms with van der Waals surface area (Å²) >= 11 is 0. The molecule has 0 aromatic carbocycles. The summed E-state index contributed by atoms with van der Waals surface area (Å²) in [6, 6.07) is 0. The van der Waals surface area contributed by atoms with Crippen molar-refractivity contribution >= 4 is 5.96 Å². The van der Waals surface area contributed by atoms with Crippen molar-refractivity contribution in [2.24, 2.45) is 22.4 Å². The Kier molecular flexibility index (Phi) is 3.34. The Balaban J connectivity index is 2.35. The monoisotopic (exact) mass is 171 g/mol. The van der Waals surface area contributed by atoms with E-state index in [9.17, 15) is 0 Å². The summed E-state index contributed by atoms with van der Waals surface area (Å²) in [5.74, 6) is 0.689. The number of ether oxygens (including phenoxy) is 1. The molecule has 0 aromatic rings. The van der Waals surface area contributed by atoms with Crippen LogP contribution in [0.25, 0.3) is 0 Å². The minimum atomic E-state index is 0.178. The topological polar surface area (TPSA) is 73.6 Å². The average Bonchev–Trinajstić information content (AvgIpc) is 2.47. The molecule has 0 aliphatic carbocycles. The molecular formula is C8H17N3O. The van der Waals surface area contributed by atoms with Crippen LogP contribution in [0.15, 0.2) is 4.99 Å². The highest BCUT2D eigenvalue weighted by Gasteiger charge is 2.25. The Bertz CT molecular complexity index is 166. The van der Waals surface area contributed by atoms with Crippen LogP contribution in [0.2, 0.25) is 0 Å². The van der Waals surface area contributed by atoms with Gasteiger partial charge >= 0.3 is 0 Å². The Labute approximate surface area is 73.0 Å². The molecule has 0 spiro atoms. The smallest absolute Gasteiger partial charge is 0.185 e. The van der Waals surface area contributed by atoms with Gasteiger partial charge in [-0.1, -0.05) is 6.92 Å². The standard InChI is InChI=1S/C8H17N3O/c1-2-7-6(3-4-12-7)5-11-8(9)10/h6-7H,2-5H2,1H3,(H4,9,10,11).